The van der Waals surface area contributed by atoms with Gasteiger partial charge in [0.2, 0.25) is 9.12 Å². The molecule has 0 aliphatic heterocycles. The van der Waals surface area contributed by atoms with Gasteiger partial charge in [-0.05, 0) is 31.6 Å². The first-order valence-corrected chi connectivity index (χ1v) is 9.87. The molecule has 19 heavy (non-hydrogen) atoms. The Morgan fingerprint density at radius 3 is 1.68 bits per heavy atom. The Labute approximate surface area is 123 Å². The van der Waals surface area contributed by atoms with Crippen LogP contribution < -0.4 is 0 Å². The Morgan fingerprint density at radius 2 is 1.37 bits per heavy atom. The molecule has 0 spiro atoms. The van der Waals surface area contributed by atoms with Gasteiger partial charge in [0, 0.05) is 0 Å². The van der Waals surface area contributed by atoms with Gasteiger partial charge in [0.25, 0.3) is 0 Å². The van der Waals surface area contributed by atoms with Crippen molar-refractivity contribution in [3.05, 3.63) is 11.8 Å². The first kappa shape index (κ1) is 18.9. The van der Waals surface area contributed by atoms with E-state index in [0.29, 0.717) is 12.1 Å². The molecule has 0 heterocycles. The van der Waals surface area contributed by atoms with Crippen LogP contribution >= 0.6 is 0 Å². The summed E-state index contributed by atoms with van der Waals surface area (Å²) in [5.41, 5.74) is 2.56. The minimum atomic E-state index is -1.14. The zero-order chi connectivity index (χ0) is 14.8. The van der Waals surface area contributed by atoms with Gasteiger partial charge in [-0.2, -0.15) is 0 Å². The fraction of sp³-hybridized carbons (Fsp3) is 0.875. The van der Waals surface area contributed by atoms with Crippen LogP contribution in [-0.2, 0) is 0 Å². The second-order valence-corrected chi connectivity index (χ2v) is 8.37. The summed E-state index contributed by atoms with van der Waals surface area (Å²) < 4.78 is 5.43. The summed E-state index contributed by atoms with van der Waals surface area (Å²) in [6, 6.07) is 1.29. The molecule has 0 saturated carbocycles. The number of allylic oxidation sites excluding steroid dienone is 1. The van der Waals surface area contributed by atoms with Crippen LogP contribution in [0.15, 0.2) is 11.8 Å². The van der Waals surface area contributed by atoms with Gasteiger partial charge in [-0.15, -0.1) is 0 Å². The lowest BCUT2D eigenvalue weighted by Gasteiger charge is -2.40. The highest BCUT2D eigenvalue weighted by atomic mass is 28.3. The van der Waals surface area contributed by atoms with E-state index in [2.05, 4.69) is 69.4 Å². The predicted octanol–water partition coefficient (Wildman–Crippen LogP) is 3.95. The topological polar surface area (TPSA) is 6.48 Å². The largest absolute Gasteiger partial charge is 0.309 e. The average molecular weight is 285 g/mol. The lowest BCUT2D eigenvalue weighted by Crippen LogP contribution is -2.56. The third-order valence-corrected chi connectivity index (χ3v) is 7.67. The quantitative estimate of drug-likeness (QED) is 0.443. The van der Waals surface area contributed by atoms with Crippen molar-refractivity contribution in [3.63, 3.8) is 0 Å². The van der Waals surface area contributed by atoms with Crippen molar-refractivity contribution >= 4 is 9.12 Å². The maximum absolute atomic E-state index is 2.71. The second-order valence-electron chi connectivity index (χ2n) is 5.83. The third-order valence-electron chi connectivity index (χ3n) is 3.77. The van der Waals surface area contributed by atoms with E-state index in [1.54, 1.807) is 0 Å². The molecule has 0 aromatic rings. The van der Waals surface area contributed by atoms with E-state index in [4.69, 9.17) is 0 Å². The maximum Gasteiger partial charge on any atom is 0.215 e. The van der Waals surface area contributed by atoms with Crippen molar-refractivity contribution in [2.24, 2.45) is 0 Å². The molecule has 2 nitrogen and oxygen atoms in total. The Bertz CT molecular complexity index is 223. The van der Waals surface area contributed by atoms with Crippen LogP contribution in [0, 0.1) is 0 Å². The van der Waals surface area contributed by atoms with Crippen LogP contribution in [0.25, 0.3) is 0 Å². The molecule has 0 aliphatic rings. The highest BCUT2D eigenvalue weighted by Crippen LogP contribution is 2.12. The molecule has 0 fully saturated rings. The summed E-state index contributed by atoms with van der Waals surface area (Å²) in [5.74, 6) is 0. The van der Waals surface area contributed by atoms with E-state index in [1.807, 2.05) is 0 Å². The zero-order valence-corrected chi connectivity index (χ0v) is 15.5. The highest BCUT2D eigenvalue weighted by molar-refractivity contribution is 6.58. The predicted molar refractivity (Wildman–Crippen MR) is 90.8 cm³/mol. The molecule has 0 amide bonds. The molecule has 0 atom stereocenters. The van der Waals surface area contributed by atoms with Crippen LogP contribution in [0.1, 0.15) is 67.7 Å². The third kappa shape index (κ3) is 6.73. The number of hydrogen-bond donors (Lipinski definition) is 0. The molecule has 0 unspecified atom stereocenters. The van der Waals surface area contributed by atoms with Crippen molar-refractivity contribution in [1.82, 2.24) is 9.13 Å². The van der Waals surface area contributed by atoms with Crippen molar-refractivity contribution in [3.8, 4) is 0 Å². The summed E-state index contributed by atoms with van der Waals surface area (Å²) in [6.45, 7) is 18.5. The van der Waals surface area contributed by atoms with E-state index in [0.717, 1.165) is 13.1 Å². The first-order valence-electron chi connectivity index (χ1n) is 8.17. The Balaban J connectivity index is 4.94. The minimum absolute atomic E-state index is 0.644. The molecular weight excluding hydrogens is 248 g/mol. The number of rotatable bonds is 10. The van der Waals surface area contributed by atoms with Crippen molar-refractivity contribution in [1.29, 1.82) is 0 Å². The summed E-state index contributed by atoms with van der Waals surface area (Å²) in [4.78, 5) is 0. The second kappa shape index (κ2) is 10.6. The molecule has 0 N–H and O–H groups in total. The van der Waals surface area contributed by atoms with E-state index in [-0.39, 0.29) is 0 Å². The summed E-state index contributed by atoms with van der Waals surface area (Å²) in [5, 5.41) is 0. The van der Waals surface area contributed by atoms with Gasteiger partial charge >= 0.3 is 0 Å². The smallest absolute Gasteiger partial charge is 0.215 e. The van der Waals surface area contributed by atoms with Gasteiger partial charge in [0.15, 0.2) is 0 Å². The first-order chi connectivity index (χ1) is 8.99. The van der Waals surface area contributed by atoms with E-state index in [9.17, 15) is 0 Å². The molecule has 0 saturated heterocycles. The number of nitrogens with zero attached hydrogens (tertiary/aromatic N) is 2. The molecule has 0 aromatic heterocycles. The molecule has 3 heteroatoms. The summed E-state index contributed by atoms with van der Waals surface area (Å²) in [6.07, 6.45) is 6.29. The van der Waals surface area contributed by atoms with Crippen molar-refractivity contribution in [2.75, 3.05) is 13.1 Å². The van der Waals surface area contributed by atoms with Crippen molar-refractivity contribution < 1.29 is 0 Å². The van der Waals surface area contributed by atoms with Gasteiger partial charge in [0.1, 0.15) is 0 Å². The van der Waals surface area contributed by atoms with E-state index < -0.39 is 9.12 Å². The van der Waals surface area contributed by atoms with Gasteiger partial charge in [-0.3, -0.25) is 0 Å². The number of hydrogen-bond acceptors (Lipinski definition) is 2. The SMILES string of the molecule is CCCCC=C[SiH](N(CC)C(C)C)N(CC)C(C)C. The van der Waals surface area contributed by atoms with Gasteiger partial charge in [-0.25, -0.2) is 0 Å². The molecule has 114 valence electrons. The molecule has 0 bridgehead atoms. The zero-order valence-electron chi connectivity index (χ0n) is 14.3. The molecule has 0 aliphatic carbocycles. The average Bonchev–Trinajstić information content (AvgIpc) is 2.34. The van der Waals surface area contributed by atoms with Crippen LogP contribution in [0.2, 0.25) is 0 Å². The van der Waals surface area contributed by atoms with Crippen LogP contribution in [0.4, 0.5) is 0 Å². The lowest BCUT2D eigenvalue weighted by molar-refractivity contribution is 0.297. The van der Waals surface area contributed by atoms with Gasteiger partial charge in [0.05, 0.1) is 0 Å². The molecule has 0 aromatic carbocycles. The number of unbranched alkanes of at least 4 members (excludes halogenated alkanes) is 2. The Morgan fingerprint density at radius 1 is 0.895 bits per heavy atom. The Kier molecular flexibility index (Phi) is 10.6. The molecule has 0 radical (unpaired) electrons. The maximum atomic E-state index is 2.71. The van der Waals surface area contributed by atoms with Crippen LogP contribution in [0.5, 0.6) is 0 Å². The molecule has 0 rings (SSSR count). The van der Waals surface area contributed by atoms with Crippen LogP contribution in [-0.4, -0.2) is 43.4 Å². The fourth-order valence-corrected chi connectivity index (χ4v) is 5.90. The van der Waals surface area contributed by atoms with Crippen LogP contribution in [0.3, 0.4) is 0 Å². The minimum Gasteiger partial charge on any atom is -0.309 e. The fourth-order valence-electron chi connectivity index (χ4n) is 2.67. The lowest BCUT2D eigenvalue weighted by atomic mass is 10.2. The standard InChI is InChI=1S/C16H36N2Si/c1-8-11-12-13-14-19(17(9-2)15(4)5)18(10-3)16(6)7/h13-16,19H,8-12H2,1-7H3. The highest BCUT2D eigenvalue weighted by Gasteiger charge is 2.26. The van der Waals surface area contributed by atoms with E-state index in [1.165, 1.54) is 19.3 Å². The summed E-state index contributed by atoms with van der Waals surface area (Å²) in [7, 11) is -1.14. The molecular formula is C16H36N2Si. The van der Waals surface area contributed by atoms with Crippen molar-refractivity contribution in [2.45, 2.75) is 79.8 Å². The van der Waals surface area contributed by atoms with Gasteiger partial charge in [-0.1, -0.05) is 73.1 Å². The summed E-state index contributed by atoms with van der Waals surface area (Å²) >= 11 is 0. The van der Waals surface area contributed by atoms with E-state index >= 15 is 0 Å². The monoisotopic (exact) mass is 284 g/mol. The normalized spacial score (nSPS) is 13.1. The van der Waals surface area contributed by atoms with Gasteiger partial charge < -0.3 is 9.13 Å². The Hall–Kier alpha value is -0.123.